The quantitative estimate of drug-likeness (QED) is 0.824. The number of methoxy groups -OCH3 is 1. The first kappa shape index (κ1) is 18.0. The molecule has 0 atom stereocenters. The minimum atomic E-state index is -3.76. The Hall–Kier alpha value is -2.35. The molecule has 0 saturated heterocycles. The van der Waals surface area contributed by atoms with Crippen molar-refractivity contribution < 1.29 is 26.7 Å². The van der Waals surface area contributed by atoms with E-state index in [9.17, 15) is 17.2 Å². The lowest BCUT2D eigenvalue weighted by Crippen LogP contribution is -2.13. The van der Waals surface area contributed by atoms with E-state index in [1.165, 1.54) is 37.4 Å². The molecule has 2 aromatic rings. The molecule has 2 rings (SSSR count). The van der Waals surface area contributed by atoms with E-state index >= 15 is 0 Å². The van der Waals surface area contributed by atoms with Gasteiger partial charge >= 0.3 is 0 Å². The summed E-state index contributed by atoms with van der Waals surface area (Å²) in [7, 11) is -2.42. The SMILES string of the molecule is COc1cc(NS(=O)(=O)c2ccc(C)cc2)ccc1OCC(F)F. The molecule has 0 amide bonds. The van der Waals surface area contributed by atoms with Crippen LogP contribution in [0.25, 0.3) is 0 Å². The number of aryl methyl sites for hydroxylation is 1. The predicted molar refractivity (Wildman–Crippen MR) is 86.5 cm³/mol. The highest BCUT2D eigenvalue weighted by atomic mass is 32.2. The summed E-state index contributed by atoms with van der Waals surface area (Å²) in [6, 6.07) is 10.5. The van der Waals surface area contributed by atoms with Gasteiger partial charge in [0.2, 0.25) is 0 Å². The molecule has 130 valence electrons. The van der Waals surface area contributed by atoms with Crippen molar-refractivity contribution in [3.8, 4) is 11.5 Å². The summed E-state index contributed by atoms with van der Waals surface area (Å²) in [5, 5.41) is 0. The van der Waals surface area contributed by atoms with Gasteiger partial charge in [0.05, 0.1) is 17.7 Å². The number of rotatable bonds is 7. The number of alkyl halides is 2. The highest BCUT2D eigenvalue weighted by Gasteiger charge is 2.16. The second kappa shape index (κ2) is 7.48. The number of benzene rings is 2. The average molecular weight is 357 g/mol. The lowest BCUT2D eigenvalue weighted by molar-refractivity contribution is 0.0804. The van der Waals surface area contributed by atoms with Crippen LogP contribution in [0.15, 0.2) is 47.4 Å². The van der Waals surface area contributed by atoms with Crippen LogP contribution in [0.5, 0.6) is 11.5 Å². The van der Waals surface area contributed by atoms with Crippen LogP contribution in [-0.2, 0) is 10.0 Å². The van der Waals surface area contributed by atoms with Gasteiger partial charge in [-0.05, 0) is 31.2 Å². The van der Waals surface area contributed by atoms with Gasteiger partial charge in [-0.2, -0.15) is 0 Å². The van der Waals surface area contributed by atoms with E-state index < -0.39 is 23.1 Å². The zero-order valence-electron chi connectivity index (χ0n) is 13.1. The van der Waals surface area contributed by atoms with E-state index in [0.717, 1.165) is 5.56 Å². The molecule has 8 heteroatoms. The van der Waals surface area contributed by atoms with Crippen LogP contribution in [0.1, 0.15) is 5.56 Å². The van der Waals surface area contributed by atoms with E-state index in [2.05, 4.69) is 4.72 Å². The molecular weight excluding hydrogens is 340 g/mol. The van der Waals surface area contributed by atoms with Crippen LogP contribution < -0.4 is 14.2 Å². The smallest absolute Gasteiger partial charge is 0.272 e. The summed E-state index contributed by atoms with van der Waals surface area (Å²) in [6.07, 6.45) is -2.62. The van der Waals surface area contributed by atoms with Crippen molar-refractivity contribution in [1.29, 1.82) is 0 Å². The normalized spacial score (nSPS) is 11.4. The van der Waals surface area contributed by atoms with Crippen LogP contribution in [0.2, 0.25) is 0 Å². The van der Waals surface area contributed by atoms with Crippen LogP contribution in [0.4, 0.5) is 14.5 Å². The Morgan fingerprint density at radius 1 is 1.08 bits per heavy atom. The van der Waals surface area contributed by atoms with Crippen molar-refractivity contribution in [2.24, 2.45) is 0 Å². The molecule has 0 heterocycles. The Morgan fingerprint density at radius 3 is 2.33 bits per heavy atom. The summed E-state index contributed by atoms with van der Waals surface area (Å²) < 4.78 is 61.5. The van der Waals surface area contributed by atoms with Gasteiger partial charge in [0.1, 0.15) is 6.61 Å². The fourth-order valence-electron chi connectivity index (χ4n) is 1.93. The molecule has 0 unspecified atom stereocenters. The predicted octanol–water partition coefficient (Wildman–Crippen LogP) is 3.45. The monoisotopic (exact) mass is 357 g/mol. The molecule has 0 aliphatic heterocycles. The summed E-state index contributed by atoms with van der Waals surface area (Å²) in [5.74, 6) is 0.260. The van der Waals surface area contributed by atoms with Crippen molar-refractivity contribution in [3.05, 3.63) is 48.0 Å². The van der Waals surface area contributed by atoms with E-state index in [1.807, 2.05) is 6.92 Å². The number of halogens is 2. The van der Waals surface area contributed by atoms with Crippen LogP contribution in [0.3, 0.4) is 0 Å². The Balaban J connectivity index is 2.21. The van der Waals surface area contributed by atoms with Crippen molar-refractivity contribution >= 4 is 15.7 Å². The maximum absolute atomic E-state index is 12.3. The number of ether oxygens (including phenoxy) is 2. The third kappa shape index (κ3) is 4.58. The zero-order chi connectivity index (χ0) is 17.7. The average Bonchev–Trinajstić information content (AvgIpc) is 2.53. The zero-order valence-corrected chi connectivity index (χ0v) is 13.9. The molecule has 0 bridgehead atoms. The van der Waals surface area contributed by atoms with Gasteiger partial charge in [0.25, 0.3) is 16.4 Å². The Kier molecular flexibility index (Phi) is 5.61. The van der Waals surface area contributed by atoms with Crippen LogP contribution >= 0.6 is 0 Å². The van der Waals surface area contributed by atoms with Gasteiger partial charge < -0.3 is 9.47 Å². The molecule has 24 heavy (non-hydrogen) atoms. The third-order valence-corrected chi connectivity index (χ3v) is 4.51. The van der Waals surface area contributed by atoms with Crippen LogP contribution in [-0.4, -0.2) is 28.6 Å². The van der Waals surface area contributed by atoms with Crippen molar-refractivity contribution in [3.63, 3.8) is 0 Å². The number of hydrogen-bond donors (Lipinski definition) is 1. The maximum Gasteiger partial charge on any atom is 0.272 e. The summed E-state index contributed by atoms with van der Waals surface area (Å²) in [6.45, 7) is 1.08. The number of hydrogen-bond acceptors (Lipinski definition) is 4. The first-order chi connectivity index (χ1) is 11.3. The summed E-state index contributed by atoms with van der Waals surface area (Å²) in [4.78, 5) is 0.116. The van der Waals surface area contributed by atoms with Crippen molar-refractivity contribution in [1.82, 2.24) is 0 Å². The molecule has 2 aromatic carbocycles. The van der Waals surface area contributed by atoms with E-state index in [0.29, 0.717) is 0 Å². The Bertz CT molecular complexity index is 792. The number of anilines is 1. The highest BCUT2D eigenvalue weighted by molar-refractivity contribution is 7.92. The second-order valence-electron chi connectivity index (χ2n) is 4.99. The second-order valence-corrected chi connectivity index (χ2v) is 6.67. The molecule has 1 N–H and O–H groups in total. The lowest BCUT2D eigenvalue weighted by Gasteiger charge is -2.13. The summed E-state index contributed by atoms with van der Waals surface area (Å²) in [5.41, 5.74) is 1.17. The standard InChI is InChI=1S/C16H17F2NO4S/c1-11-3-6-13(7-4-11)24(20,21)19-12-5-8-14(15(9-12)22-2)23-10-16(17)18/h3-9,16,19H,10H2,1-2H3. The first-order valence-electron chi connectivity index (χ1n) is 7.00. The third-order valence-electron chi connectivity index (χ3n) is 3.11. The molecule has 0 fully saturated rings. The fourth-order valence-corrected chi connectivity index (χ4v) is 2.98. The highest BCUT2D eigenvalue weighted by Crippen LogP contribution is 2.31. The minimum absolute atomic E-state index is 0.107. The topological polar surface area (TPSA) is 64.6 Å². The van der Waals surface area contributed by atoms with Gasteiger partial charge in [-0.1, -0.05) is 17.7 Å². The number of sulfonamides is 1. The molecule has 0 aliphatic rings. The molecule has 0 aromatic heterocycles. The van der Waals surface area contributed by atoms with Gasteiger partial charge in [0.15, 0.2) is 11.5 Å². The fraction of sp³-hybridized carbons (Fsp3) is 0.250. The minimum Gasteiger partial charge on any atom is -0.493 e. The largest absolute Gasteiger partial charge is 0.493 e. The molecule has 5 nitrogen and oxygen atoms in total. The van der Waals surface area contributed by atoms with Gasteiger partial charge in [-0.3, -0.25) is 4.72 Å². The maximum atomic E-state index is 12.3. The first-order valence-corrected chi connectivity index (χ1v) is 8.48. The Morgan fingerprint density at radius 2 is 1.75 bits per heavy atom. The van der Waals surface area contributed by atoms with Crippen molar-refractivity contribution in [2.75, 3.05) is 18.4 Å². The Labute approximate surface area is 139 Å². The molecule has 0 spiro atoms. The number of nitrogens with one attached hydrogen (secondary N) is 1. The van der Waals surface area contributed by atoms with E-state index in [1.54, 1.807) is 12.1 Å². The molecular formula is C16H17F2NO4S. The van der Waals surface area contributed by atoms with Gasteiger partial charge in [-0.25, -0.2) is 17.2 Å². The lowest BCUT2D eigenvalue weighted by atomic mass is 10.2. The van der Waals surface area contributed by atoms with Crippen molar-refractivity contribution in [2.45, 2.75) is 18.2 Å². The molecule has 0 aliphatic carbocycles. The molecule has 0 saturated carbocycles. The van der Waals surface area contributed by atoms with Crippen LogP contribution in [0, 0.1) is 6.92 Å². The van der Waals surface area contributed by atoms with Gasteiger partial charge in [-0.15, -0.1) is 0 Å². The molecule has 0 radical (unpaired) electrons. The van der Waals surface area contributed by atoms with E-state index in [-0.39, 0.29) is 22.1 Å². The van der Waals surface area contributed by atoms with Gasteiger partial charge in [0, 0.05) is 6.07 Å². The van der Waals surface area contributed by atoms with E-state index in [4.69, 9.17) is 9.47 Å². The summed E-state index contributed by atoms with van der Waals surface area (Å²) >= 11 is 0.